The SMILES string of the molecule is [B]C1CC(N)C(O)C(C)O1. The van der Waals surface area contributed by atoms with Gasteiger partial charge in [-0.1, -0.05) is 0 Å². The van der Waals surface area contributed by atoms with Crippen LogP contribution >= 0.6 is 0 Å². The van der Waals surface area contributed by atoms with Crippen LogP contribution in [-0.2, 0) is 4.74 Å². The van der Waals surface area contributed by atoms with E-state index in [1.807, 2.05) is 0 Å². The molecule has 3 nitrogen and oxygen atoms in total. The maximum atomic E-state index is 9.26. The molecule has 1 saturated heterocycles. The predicted molar refractivity (Wildman–Crippen MR) is 38.7 cm³/mol. The number of nitrogens with two attached hydrogens (primary N) is 1. The van der Waals surface area contributed by atoms with Crippen LogP contribution in [0.4, 0.5) is 0 Å². The monoisotopic (exact) mass is 141 g/mol. The third-order valence-electron chi connectivity index (χ3n) is 1.81. The normalized spacial score (nSPS) is 49.1. The Morgan fingerprint density at radius 1 is 1.70 bits per heavy atom. The summed E-state index contributed by atoms with van der Waals surface area (Å²) in [5, 5.41) is 9.26. The van der Waals surface area contributed by atoms with E-state index in [9.17, 15) is 5.11 Å². The molecule has 0 aromatic carbocycles. The number of hydrogen-bond acceptors (Lipinski definition) is 3. The van der Waals surface area contributed by atoms with Crippen LogP contribution < -0.4 is 5.73 Å². The van der Waals surface area contributed by atoms with Crippen LogP contribution in [0.3, 0.4) is 0 Å². The fraction of sp³-hybridized carbons (Fsp3) is 1.00. The minimum Gasteiger partial charge on any atom is -0.389 e. The Morgan fingerprint density at radius 2 is 2.30 bits per heavy atom. The summed E-state index contributed by atoms with van der Waals surface area (Å²) in [6.45, 7) is 1.77. The number of hydrogen-bond donors (Lipinski definition) is 2. The van der Waals surface area contributed by atoms with Crippen LogP contribution in [0.5, 0.6) is 0 Å². The molecule has 2 radical (unpaired) electrons. The van der Waals surface area contributed by atoms with Crippen molar-refractivity contribution in [1.29, 1.82) is 0 Å². The molecule has 1 aliphatic heterocycles. The van der Waals surface area contributed by atoms with Crippen molar-refractivity contribution in [3.8, 4) is 0 Å². The van der Waals surface area contributed by atoms with Gasteiger partial charge in [-0.25, -0.2) is 0 Å². The summed E-state index contributed by atoms with van der Waals surface area (Å²) in [5.74, 6) is 0. The number of ether oxygens (including phenoxy) is 1. The van der Waals surface area contributed by atoms with E-state index in [1.165, 1.54) is 0 Å². The molecule has 0 aromatic rings. The first-order valence-corrected chi connectivity index (χ1v) is 3.46. The molecule has 0 amide bonds. The van der Waals surface area contributed by atoms with E-state index in [-0.39, 0.29) is 18.1 Å². The van der Waals surface area contributed by atoms with Gasteiger partial charge in [0.1, 0.15) is 7.85 Å². The van der Waals surface area contributed by atoms with Crippen molar-refractivity contribution < 1.29 is 9.84 Å². The van der Waals surface area contributed by atoms with Crippen molar-refractivity contribution in [2.75, 3.05) is 0 Å². The van der Waals surface area contributed by atoms with Crippen molar-refractivity contribution in [2.45, 2.75) is 37.6 Å². The van der Waals surface area contributed by atoms with Crippen LogP contribution in [0.25, 0.3) is 0 Å². The highest BCUT2D eigenvalue weighted by molar-refractivity contribution is 6.11. The Labute approximate surface area is 62.0 Å². The van der Waals surface area contributed by atoms with Gasteiger partial charge >= 0.3 is 0 Å². The summed E-state index contributed by atoms with van der Waals surface area (Å²) in [6.07, 6.45) is -0.274. The molecule has 1 fully saturated rings. The van der Waals surface area contributed by atoms with Gasteiger partial charge in [0.2, 0.25) is 0 Å². The van der Waals surface area contributed by atoms with Crippen molar-refractivity contribution in [2.24, 2.45) is 5.73 Å². The molecule has 0 aromatic heterocycles. The molecule has 1 aliphatic rings. The van der Waals surface area contributed by atoms with Gasteiger partial charge in [0.15, 0.2) is 0 Å². The largest absolute Gasteiger partial charge is 0.389 e. The number of rotatable bonds is 0. The minimum atomic E-state index is -0.570. The summed E-state index contributed by atoms with van der Waals surface area (Å²) in [5.41, 5.74) is 5.55. The first-order valence-electron chi connectivity index (χ1n) is 3.46. The van der Waals surface area contributed by atoms with Crippen LogP contribution in [0, 0.1) is 0 Å². The maximum absolute atomic E-state index is 9.26. The second-order valence-electron chi connectivity index (χ2n) is 2.77. The van der Waals surface area contributed by atoms with Crippen LogP contribution in [0.1, 0.15) is 13.3 Å². The zero-order valence-corrected chi connectivity index (χ0v) is 6.03. The van der Waals surface area contributed by atoms with Crippen molar-refractivity contribution >= 4 is 7.85 Å². The standard InChI is InChI=1S/C6H12BNO2/c1-3-6(9)4(8)2-5(7)10-3/h3-6,9H,2,8H2,1H3. The lowest BCUT2D eigenvalue weighted by molar-refractivity contribution is -0.0896. The van der Waals surface area contributed by atoms with Gasteiger partial charge in [-0.15, -0.1) is 0 Å². The van der Waals surface area contributed by atoms with Gasteiger partial charge in [0.05, 0.1) is 12.2 Å². The molecule has 4 unspecified atom stereocenters. The quantitative estimate of drug-likeness (QED) is 0.424. The molecule has 56 valence electrons. The zero-order chi connectivity index (χ0) is 7.72. The van der Waals surface area contributed by atoms with E-state index in [0.717, 1.165) is 0 Å². The average molecular weight is 141 g/mol. The van der Waals surface area contributed by atoms with Crippen LogP contribution in [-0.4, -0.2) is 37.2 Å². The van der Waals surface area contributed by atoms with E-state index in [2.05, 4.69) is 0 Å². The zero-order valence-electron chi connectivity index (χ0n) is 6.03. The Balaban J connectivity index is 2.49. The first kappa shape index (κ1) is 8.05. The summed E-state index contributed by atoms with van der Waals surface area (Å²) < 4.78 is 5.12. The van der Waals surface area contributed by atoms with Crippen molar-refractivity contribution in [3.05, 3.63) is 0 Å². The Morgan fingerprint density at radius 3 is 2.80 bits per heavy atom. The molecular formula is C6H12BNO2. The summed E-state index contributed by atoms with van der Waals surface area (Å²) in [4.78, 5) is 0. The molecule has 4 heteroatoms. The van der Waals surface area contributed by atoms with E-state index >= 15 is 0 Å². The third kappa shape index (κ3) is 1.51. The Bertz CT molecular complexity index is 110. The highest BCUT2D eigenvalue weighted by Gasteiger charge is 2.30. The predicted octanol–water partition coefficient (Wildman–Crippen LogP) is -1.02. The van der Waals surface area contributed by atoms with Gasteiger partial charge < -0.3 is 15.6 Å². The lowest BCUT2D eigenvalue weighted by Crippen LogP contribution is -2.51. The second-order valence-corrected chi connectivity index (χ2v) is 2.77. The van der Waals surface area contributed by atoms with Gasteiger partial charge in [0.25, 0.3) is 0 Å². The fourth-order valence-corrected chi connectivity index (χ4v) is 1.17. The maximum Gasteiger partial charge on any atom is 0.109 e. The summed E-state index contributed by atoms with van der Waals surface area (Å²) in [7, 11) is 5.46. The van der Waals surface area contributed by atoms with Gasteiger partial charge in [-0.3, -0.25) is 0 Å². The van der Waals surface area contributed by atoms with Crippen LogP contribution in [0.2, 0.25) is 0 Å². The topological polar surface area (TPSA) is 55.5 Å². The van der Waals surface area contributed by atoms with E-state index in [4.69, 9.17) is 18.3 Å². The summed E-state index contributed by atoms with van der Waals surface area (Å²) >= 11 is 0. The molecule has 3 N–H and O–H groups in total. The molecule has 0 saturated carbocycles. The number of aliphatic hydroxyl groups is 1. The van der Waals surface area contributed by atoms with Gasteiger partial charge in [0, 0.05) is 12.0 Å². The van der Waals surface area contributed by atoms with Gasteiger partial charge in [-0.2, -0.15) is 0 Å². The average Bonchev–Trinajstić information content (AvgIpc) is 1.82. The number of aliphatic hydroxyl groups excluding tert-OH is 1. The molecule has 1 rings (SSSR count). The molecule has 4 atom stereocenters. The van der Waals surface area contributed by atoms with E-state index in [1.54, 1.807) is 6.92 Å². The Hall–Kier alpha value is -0.0551. The second kappa shape index (κ2) is 2.90. The Kier molecular flexibility index (Phi) is 2.34. The highest BCUT2D eigenvalue weighted by atomic mass is 16.5. The molecule has 0 spiro atoms. The molecule has 10 heavy (non-hydrogen) atoms. The molecule has 1 heterocycles. The molecular weight excluding hydrogens is 129 g/mol. The third-order valence-corrected chi connectivity index (χ3v) is 1.81. The van der Waals surface area contributed by atoms with E-state index in [0.29, 0.717) is 6.42 Å². The lowest BCUT2D eigenvalue weighted by atomic mass is 9.87. The highest BCUT2D eigenvalue weighted by Crippen LogP contribution is 2.16. The van der Waals surface area contributed by atoms with Crippen molar-refractivity contribution in [1.82, 2.24) is 0 Å². The van der Waals surface area contributed by atoms with Gasteiger partial charge in [-0.05, 0) is 13.3 Å². The van der Waals surface area contributed by atoms with E-state index < -0.39 is 6.10 Å². The smallest absolute Gasteiger partial charge is 0.109 e. The van der Waals surface area contributed by atoms with Crippen molar-refractivity contribution in [3.63, 3.8) is 0 Å². The van der Waals surface area contributed by atoms with Crippen LogP contribution in [0.15, 0.2) is 0 Å². The fourth-order valence-electron chi connectivity index (χ4n) is 1.17. The first-order chi connectivity index (χ1) is 4.61. The molecule has 0 aliphatic carbocycles. The summed E-state index contributed by atoms with van der Waals surface area (Å²) in [6, 6.07) is -0.549. The minimum absolute atomic E-state index is 0.237. The lowest BCUT2D eigenvalue weighted by Gasteiger charge is -2.34. The molecule has 0 bridgehead atoms.